The van der Waals surface area contributed by atoms with Gasteiger partial charge in [0.2, 0.25) is 0 Å². The van der Waals surface area contributed by atoms with Gasteiger partial charge in [0.05, 0.1) is 13.0 Å². The van der Waals surface area contributed by atoms with Gasteiger partial charge in [0.15, 0.2) is 5.78 Å². The summed E-state index contributed by atoms with van der Waals surface area (Å²) in [6, 6.07) is 5.99. The molecule has 0 radical (unpaired) electrons. The van der Waals surface area contributed by atoms with Gasteiger partial charge in [-0.2, -0.15) is 0 Å². The maximum absolute atomic E-state index is 13.1. The summed E-state index contributed by atoms with van der Waals surface area (Å²) in [4.78, 5) is 13.1. The topological polar surface area (TPSA) is 26.3 Å². The van der Waals surface area contributed by atoms with E-state index in [0.29, 0.717) is 23.2 Å². The second kappa shape index (κ2) is 5.38. The van der Waals surface area contributed by atoms with Gasteiger partial charge in [0.1, 0.15) is 5.75 Å². The predicted molar refractivity (Wildman–Crippen MR) is 95.1 cm³/mol. The van der Waals surface area contributed by atoms with E-state index in [0.717, 1.165) is 23.7 Å². The average Bonchev–Trinajstić information content (AvgIpc) is 2.90. The Bertz CT molecular complexity index is 728. The van der Waals surface area contributed by atoms with Crippen LogP contribution < -0.4 is 4.74 Å². The Morgan fingerprint density at radius 2 is 2.08 bits per heavy atom. The number of carbonyl (C=O) groups excluding carboxylic acids is 1. The highest BCUT2D eigenvalue weighted by Crippen LogP contribution is 2.63. The van der Waals surface area contributed by atoms with Crippen LogP contribution in [0.25, 0.3) is 0 Å². The van der Waals surface area contributed by atoms with Gasteiger partial charge in [-0.3, -0.25) is 4.79 Å². The van der Waals surface area contributed by atoms with Crippen molar-refractivity contribution in [3.63, 3.8) is 0 Å². The first kappa shape index (κ1) is 15.8. The second-order valence-electron chi connectivity index (χ2n) is 8.27. The Hall–Kier alpha value is -1.75. The number of hydrogen-bond donors (Lipinski definition) is 0. The van der Waals surface area contributed by atoms with Gasteiger partial charge in [0, 0.05) is 5.56 Å². The molecule has 0 amide bonds. The van der Waals surface area contributed by atoms with Crippen LogP contribution in [0.15, 0.2) is 18.2 Å². The Kier molecular flexibility index (Phi) is 3.53. The van der Waals surface area contributed by atoms with Crippen molar-refractivity contribution in [3.8, 4) is 18.1 Å². The van der Waals surface area contributed by atoms with Gasteiger partial charge in [0.25, 0.3) is 0 Å². The summed E-state index contributed by atoms with van der Waals surface area (Å²) < 4.78 is 5.33. The minimum absolute atomic E-state index is 0.136. The van der Waals surface area contributed by atoms with Crippen LogP contribution in [-0.4, -0.2) is 12.9 Å². The third kappa shape index (κ3) is 1.94. The molecule has 2 saturated carbocycles. The van der Waals surface area contributed by atoms with Crippen LogP contribution in [0.5, 0.6) is 5.75 Å². The average molecular weight is 322 g/mol. The second-order valence-corrected chi connectivity index (χ2v) is 8.27. The zero-order chi connectivity index (χ0) is 17.1. The number of hydrogen-bond acceptors (Lipinski definition) is 2. The molecule has 0 bridgehead atoms. The van der Waals surface area contributed by atoms with Gasteiger partial charge in [-0.25, -0.2) is 0 Å². The van der Waals surface area contributed by atoms with E-state index in [4.69, 9.17) is 11.2 Å². The van der Waals surface area contributed by atoms with E-state index in [2.05, 4.69) is 25.8 Å². The Morgan fingerprint density at radius 3 is 2.79 bits per heavy atom. The third-order valence-corrected chi connectivity index (χ3v) is 7.58. The molecule has 126 valence electrons. The summed E-state index contributed by atoms with van der Waals surface area (Å²) in [5.74, 6) is 5.53. The lowest BCUT2D eigenvalue weighted by molar-refractivity contribution is 0.0193. The highest BCUT2D eigenvalue weighted by Gasteiger charge is 2.57. The highest BCUT2D eigenvalue weighted by atomic mass is 16.5. The first-order valence-electron chi connectivity index (χ1n) is 9.19. The third-order valence-electron chi connectivity index (χ3n) is 7.58. The molecule has 6 atom stereocenters. The molecule has 3 aliphatic rings. The van der Waals surface area contributed by atoms with Crippen LogP contribution in [0.1, 0.15) is 61.4 Å². The van der Waals surface area contributed by atoms with Crippen molar-refractivity contribution < 1.29 is 9.53 Å². The highest BCUT2D eigenvalue weighted by molar-refractivity contribution is 6.02. The molecule has 0 aromatic heterocycles. The quantitative estimate of drug-likeness (QED) is 0.701. The molecule has 3 unspecified atom stereocenters. The first-order chi connectivity index (χ1) is 11.5. The van der Waals surface area contributed by atoms with Crippen molar-refractivity contribution in [2.24, 2.45) is 29.1 Å². The van der Waals surface area contributed by atoms with Crippen molar-refractivity contribution in [1.82, 2.24) is 0 Å². The first-order valence-corrected chi connectivity index (χ1v) is 9.19. The van der Waals surface area contributed by atoms with Crippen LogP contribution in [0.2, 0.25) is 0 Å². The van der Waals surface area contributed by atoms with Crippen molar-refractivity contribution in [3.05, 3.63) is 29.3 Å². The van der Waals surface area contributed by atoms with Gasteiger partial charge >= 0.3 is 0 Å². The van der Waals surface area contributed by atoms with Gasteiger partial charge in [-0.1, -0.05) is 25.8 Å². The summed E-state index contributed by atoms with van der Waals surface area (Å²) in [6.45, 7) is 4.82. The maximum atomic E-state index is 13.1. The smallest absolute Gasteiger partial charge is 0.178 e. The summed E-state index contributed by atoms with van der Waals surface area (Å²) in [5.41, 5.74) is 2.35. The molecule has 0 spiro atoms. The number of ether oxygens (including phenoxy) is 1. The van der Waals surface area contributed by atoms with Crippen molar-refractivity contribution in [1.29, 1.82) is 0 Å². The van der Waals surface area contributed by atoms with Gasteiger partial charge < -0.3 is 4.74 Å². The summed E-state index contributed by atoms with van der Waals surface area (Å²) in [5, 5.41) is 0. The molecule has 0 heterocycles. The summed E-state index contributed by atoms with van der Waals surface area (Å²) >= 11 is 0. The standard InChI is InChI=1S/C22H26O2/c1-5-15-20-17(10-11-22(3)13(2)6-9-19(20)22)16-8-7-14(24-4)12-18(16)21(15)23/h1,7-8,12-13,15,17,19-20H,6,9-11H2,2-4H3/t13-,15-,17?,19?,20?,22+/m0/s1. The molecular formula is C22H26O2. The number of Topliss-reactive ketones (excluding diaryl/α,β-unsaturated/α-hetero) is 1. The number of rotatable bonds is 1. The van der Waals surface area contributed by atoms with Crippen LogP contribution in [0.4, 0.5) is 0 Å². The van der Waals surface area contributed by atoms with E-state index in [1.165, 1.54) is 24.8 Å². The number of benzene rings is 1. The minimum atomic E-state index is -0.274. The van der Waals surface area contributed by atoms with E-state index < -0.39 is 0 Å². The molecule has 0 saturated heterocycles. The van der Waals surface area contributed by atoms with Crippen molar-refractivity contribution in [2.75, 3.05) is 7.11 Å². The molecule has 2 nitrogen and oxygen atoms in total. The van der Waals surface area contributed by atoms with Crippen molar-refractivity contribution >= 4 is 5.78 Å². The number of carbonyl (C=O) groups is 1. The zero-order valence-corrected chi connectivity index (χ0v) is 14.8. The maximum Gasteiger partial charge on any atom is 0.178 e. The molecular weight excluding hydrogens is 296 g/mol. The normalized spacial score (nSPS) is 40.2. The number of fused-ring (bicyclic) bond motifs is 5. The molecule has 1 aromatic carbocycles. The molecule has 3 aliphatic carbocycles. The Balaban J connectivity index is 1.84. The van der Waals surface area contributed by atoms with Gasteiger partial charge in [-0.05, 0) is 72.5 Å². The molecule has 0 aliphatic heterocycles. The zero-order valence-electron chi connectivity index (χ0n) is 14.8. The van der Waals surface area contributed by atoms with E-state index in [9.17, 15) is 4.79 Å². The van der Waals surface area contributed by atoms with E-state index >= 15 is 0 Å². The molecule has 2 fully saturated rings. The van der Waals surface area contributed by atoms with Crippen LogP contribution in [0.3, 0.4) is 0 Å². The lowest BCUT2D eigenvalue weighted by Gasteiger charge is -2.52. The fraction of sp³-hybridized carbons (Fsp3) is 0.591. The van der Waals surface area contributed by atoms with Crippen molar-refractivity contribution in [2.45, 2.75) is 45.4 Å². The number of ketones is 1. The summed E-state index contributed by atoms with van der Waals surface area (Å²) in [6.07, 6.45) is 10.8. The van der Waals surface area contributed by atoms with Crippen LogP contribution in [-0.2, 0) is 0 Å². The van der Waals surface area contributed by atoms with Gasteiger partial charge in [-0.15, -0.1) is 6.42 Å². The lowest BCUT2D eigenvalue weighted by atomic mass is 9.51. The van der Waals surface area contributed by atoms with Crippen LogP contribution >= 0.6 is 0 Å². The fourth-order valence-corrected chi connectivity index (χ4v) is 6.01. The SMILES string of the molecule is C#C[C@@H]1C(=O)c2cc(OC)ccc2C2CC[C@@]3(C)C(CC[C@@H]3C)C21. The number of methoxy groups -OCH3 is 1. The van der Waals surface area contributed by atoms with Crippen LogP contribution in [0, 0.1) is 41.4 Å². The molecule has 2 heteroatoms. The van der Waals surface area contributed by atoms with E-state index in [1.807, 2.05) is 12.1 Å². The number of terminal acetylenes is 1. The molecule has 4 rings (SSSR count). The predicted octanol–water partition coefficient (Wildman–Crippen LogP) is 4.69. The van der Waals surface area contributed by atoms with E-state index in [-0.39, 0.29) is 11.7 Å². The van der Waals surface area contributed by atoms with E-state index in [1.54, 1.807) is 7.11 Å². The minimum Gasteiger partial charge on any atom is -0.497 e. The molecule has 1 aromatic rings. The molecule has 24 heavy (non-hydrogen) atoms. The largest absolute Gasteiger partial charge is 0.497 e. The Labute approximate surface area is 145 Å². The summed E-state index contributed by atoms with van der Waals surface area (Å²) in [7, 11) is 1.64. The molecule has 0 N–H and O–H groups in total. The monoisotopic (exact) mass is 322 g/mol. The fourth-order valence-electron chi connectivity index (χ4n) is 6.01. The Morgan fingerprint density at radius 1 is 1.29 bits per heavy atom. The lowest BCUT2D eigenvalue weighted by Crippen LogP contribution is -2.47.